The maximum absolute atomic E-state index is 11.6. The average Bonchev–Trinajstić information content (AvgIpc) is 3.14. The topological polar surface area (TPSA) is 49.3 Å². The lowest BCUT2D eigenvalue weighted by Gasteiger charge is -2.20. The molecule has 1 fully saturated rings. The third kappa shape index (κ3) is 3.23. The van der Waals surface area contributed by atoms with E-state index in [9.17, 15) is 4.79 Å². The van der Waals surface area contributed by atoms with Crippen molar-refractivity contribution >= 4 is 34.0 Å². The maximum Gasteiger partial charge on any atom is 0.222 e. The molecule has 0 saturated carbocycles. The minimum atomic E-state index is 0.252. The molecule has 0 atom stereocenters. The van der Waals surface area contributed by atoms with Crippen LogP contribution in [-0.4, -0.2) is 47.7 Å². The molecule has 1 saturated heterocycles. The van der Waals surface area contributed by atoms with Gasteiger partial charge in [0.05, 0.1) is 5.02 Å². The number of carbonyl (C=O) groups excluding carboxylic acids is 1. The highest BCUT2D eigenvalue weighted by Crippen LogP contribution is 2.32. The number of anilines is 1. The summed E-state index contributed by atoms with van der Waals surface area (Å²) in [6.45, 7) is 2.35. The van der Waals surface area contributed by atoms with Crippen molar-refractivity contribution in [1.29, 1.82) is 0 Å². The molecule has 3 rings (SSSR count). The Balaban J connectivity index is 1.65. The van der Waals surface area contributed by atoms with E-state index in [1.165, 1.54) is 11.3 Å². The zero-order valence-electron chi connectivity index (χ0n) is 12.3. The number of nitrogens with zero attached hydrogens (tertiary/aromatic N) is 4. The predicted octanol–water partition coefficient (Wildman–Crippen LogP) is 2.92. The standard InChI is InChI=1S/C15H17ClN4OS/c1-19(9-10-20-8-4-7-13(20)21)15-18-17-14(22-15)11-5-2-3-6-12(11)16/h2-3,5-6H,4,7-10H2,1H3. The van der Waals surface area contributed by atoms with Gasteiger partial charge in [-0.3, -0.25) is 4.79 Å². The van der Waals surface area contributed by atoms with E-state index in [4.69, 9.17) is 11.6 Å². The van der Waals surface area contributed by atoms with Crippen LogP contribution in [0.2, 0.25) is 5.02 Å². The minimum absolute atomic E-state index is 0.252. The average molecular weight is 337 g/mol. The molecule has 0 aliphatic carbocycles. The zero-order chi connectivity index (χ0) is 15.5. The van der Waals surface area contributed by atoms with Crippen molar-refractivity contribution in [3.05, 3.63) is 29.3 Å². The number of likely N-dealkylation sites (tertiary alicyclic amines) is 1. The molecule has 2 heterocycles. The first-order chi connectivity index (χ1) is 10.6. The van der Waals surface area contributed by atoms with Crippen LogP contribution in [-0.2, 0) is 4.79 Å². The van der Waals surface area contributed by atoms with Crippen LogP contribution in [0.25, 0.3) is 10.6 Å². The Labute approximate surface area is 138 Å². The summed E-state index contributed by atoms with van der Waals surface area (Å²) in [6.07, 6.45) is 1.65. The monoisotopic (exact) mass is 336 g/mol. The van der Waals surface area contributed by atoms with E-state index < -0.39 is 0 Å². The van der Waals surface area contributed by atoms with E-state index in [0.29, 0.717) is 11.4 Å². The summed E-state index contributed by atoms with van der Waals surface area (Å²) in [5.74, 6) is 0.252. The molecule has 1 aliphatic rings. The number of halogens is 1. The molecule has 0 N–H and O–H groups in total. The van der Waals surface area contributed by atoms with Crippen LogP contribution >= 0.6 is 22.9 Å². The summed E-state index contributed by atoms with van der Waals surface area (Å²) in [7, 11) is 1.97. The maximum atomic E-state index is 11.6. The zero-order valence-corrected chi connectivity index (χ0v) is 13.9. The number of rotatable bonds is 5. The van der Waals surface area contributed by atoms with Crippen LogP contribution in [0.4, 0.5) is 5.13 Å². The Kier molecular flexibility index (Phi) is 4.59. The minimum Gasteiger partial charge on any atom is -0.348 e. The molecule has 116 valence electrons. The molecule has 1 amide bonds. The third-order valence-corrected chi connectivity index (χ3v) is 5.12. The highest BCUT2D eigenvalue weighted by atomic mass is 35.5. The third-order valence-electron chi connectivity index (χ3n) is 3.72. The van der Waals surface area contributed by atoms with Crippen LogP contribution in [0, 0.1) is 0 Å². The number of benzene rings is 1. The molecule has 1 aromatic heterocycles. The van der Waals surface area contributed by atoms with Gasteiger partial charge in [0, 0.05) is 38.7 Å². The van der Waals surface area contributed by atoms with Gasteiger partial charge in [-0.25, -0.2) is 0 Å². The fourth-order valence-electron chi connectivity index (χ4n) is 2.42. The van der Waals surface area contributed by atoms with E-state index in [0.717, 1.165) is 41.8 Å². The van der Waals surface area contributed by atoms with Gasteiger partial charge in [0.15, 0.2) is 5.01 Å². The van der Waals surface area contributed by atoms with Gasteiger partial charge < -0.3 is 9.80 Å². The van der Waals surface area contributed by atoms with Gasteiger partial charge in [0.2, 0.25) is 11.0 Å². The van der Waals surface area contributed by atoms with E-state index in [1.807, 2.05) is 41.1 Å². The lowest BCUT2D eigenvalue weighted by atomic mass is 10.2. The lowest BCUT2D eigenvalue weighted by molar-refractivity contribution is -0.127. The fraction of sp³-hybridized carbons (Fsp3) is 0.400. The molecule has 22 heavy (non-hydrogen) atoms. The number of hydrogen-bond acceptors (Lipinski definition) is 5. The summed E-state index contributed by atoms with van der Waals surface area (Å²) in [5, 5.41) is 10.8. The van der Waals surface area contributed by atoms with Gasteiger partial charge in [-0.05, 0) is 12.5 Å². The van der Waals surface area contributed by atoms with Crippen LogP contribution in [0.15, 0.2) is 24.3 Å². The quantitative estimate of drug-likeness (QED) is 0.842. The highest BCUT2D eigenvalue weighted by Gasteiger charge is 2.20. The fourth-order valence-corrected chi connectivity index (χ4v) is 3.57. The summed E-state index contributed by atoms with van der Waals surface area (Å²) in [5.41, 5.74) is 0.899. The number of aromatic nitrogens is 2. The highest BCUT2D eigenvalue weighted by molar-refractivity contribution is 7.18. The molecule has 0 spiro atoms. The van der Waals surface area contributed by atoms with Gasteiger partial charge in [0.25, 0.3) is 0 Å². The van der Waals surface area contributed by atoms with Gasteiger partial charge >= 0.3 is 0 Å². The first-order valence-electron chi connectivity index (χ1n) is 7.22. The molecule has 0 bridgehead atoms. The normalized spacial score (nSPS) is 14.6. The van der Waals surface area contributed by atoms with Crippen molar-refractivity contribution in [2.45, 2.75) is 12.8 Å². The second-order valence-corrected chi connectivity index (χ2v) is 6.64. The van der Waals surface area contributed by atoms with Crippen LogP contribution < -0.4 is 4.90 Å². The van der Waals surface area contributed by atoms with Crippen molar-refractivity contribution < 1.29 is 4.79 Å². The molecule has 0 unspecified atom stereocenters. The number of hydrogen-bond donors (Lipinski definition) is 0. The Bertz CT molecular complexity index is 675. The summed E-state index contributed by atoms with van der Waals surface area (Å²) >= 11 is 7.70. The Morgan fingerprint density at radius 2 is 2.18 bits per heavy atom. The first kappa shape index (κ1) is 15.2. The second-order valence-electron chi connectivity index (χ2n) is 5.28. The van der Waals surface area contributed by atoms with Crippen molar-refractivity contribution in [1.82, 2.24) is 15.1 Å². The SMILES string of the molecule is CN(CCN1CCCC1=O)c1nnc(-c2ccccc2Cl)s1. The van der Waals surface area contributed by atoms with Crippen molar-refractivity contribution in [2.24, 2.45) is 0 Å². The molecular weight excluding hydrogens is 320 g/mol. The van der Waals surface area contributed by atoms with Gasteiger partial charge in [-0.1, -0.05) is 41.1 Å². The van der Waals surface area contributed by atoms with E-state index >= 15 is 0 Å². The van der Waals surface area contributed by atoms with Crippen LogP contribution in [0.5, 0.6) is 0 Å². The molecule has 1 aliphatic heterocycles. The molecule has 0 radical (unpaired) electrons. The van der Waals surface area contributed by atoms with E-state index in [-0.39, 0.29) is 5.91 Å². The molecule has 5 nitrogen and oxygen atoms in total. The number of carbonyl (C=O) groups is 1. The van der Waals surface area contributed by atoms with Crippen molar-refractivity contribution in [3.63, 3.8) is 0 Å². The predicted molar refractivity (Wildman–Crippen MR) is 89.4 cm³/mol. The molecule has 2 aromatic rings. The van der Waals surface area contributed by atoms with Crippen LogP contribution in [0.3, 0.4) is 0 Å². The van der Waals surface area contributed by atoms with E-state index in [2.05, 4.69) is 10.2 Å². The number of amides is 1. The van der Waals surface area contributed by atoms with Crippen molar-refractivity contribution in [3.8, 4) is 10.6 Å². The van der Waals surface area contributed by atoms with Gasteiger partial charge in [-0.15, -0.1) is 10.2 Å². The number of likely N-dealkylation sites (N-methyl/N-ethyl adjacent to an activating group) is 1. The summed E-state index contributed by atoms with van der Waals surface area (Å²) in [4.78, 5) is 15.6. The summed E-state index contributed by atoms with van der Waals surface area (Å²) < 4.78 is 0. The Morgan fingerprint density at radius 3 is 2.91 bits per heavy atom. The van der Waals surface area contributed by atoms with Gasteiger partial charge in [-0.2, -0.15) is 0 Å². The molecular formula is C15H17ClN4OS. The van der Waals surface area contributed by atoms with Crippen molar-refractivity contribution in [2.75, 3.05) is 31.6 Å². The Morgan fingerprint density at radius 1 is 1.36 bits per heavy atom. The van der Waals surface area contributed by atoms with E-state index in [1.54, 1.807) is 0 Å². The molecule has 1 aromatic carbocycles. The van der Waals surface area contributed by atoms with Crippen LogP contribution in [0.1, 0.15) is 12.8 Å². The lowest BCUT2D eigenvalue weighted by Crippen LogP contribution is -2.33. The molecule has 7 heteroatoms. The first-order valence-corrected chi connectivity index (χ1v) is 8.42. The summed E-state index contributed by atoms with van der Waals surface area (Å²) in [6, 6.07) is 7.62. The Hall–Kier alpha value is -1.66. The smallest absolute Gasteiger partial charge is 0.222 e. The van der Waals surface area contributed by atoms with Gasteiger partial charge in [0.1, 0.15) is 0 Å². The second kappa shape index (κ2) is 6.62. The largest absolute Gasteiger partial charge is 0.348 e.